The smallest absolute Gasteiger partial charge is 0.236 e. The second-order valence-corrected chi connectivity index (χ2v) is 5.58. The fourth-order valence-electron chi connectivity index (χ4n) is 3.21. The molecular weight excluding hydrogens is 246 g/mol. The van der Waals surface area contributed by atoms with Crippen molar-refractivity contribution in [3.63, 3.8) is 0 Å². The highest BCUT2D eigenvalue weighted by Gasteiger charge is 2.51. The summed E-state index contributed by atoms with van der Waals surface area (Å²) in [5.74, 6) is 0.0612. The van der Waals surface area contributed by atoms with Crippen molar-refractivity contribution in [3.05, 3.63) is 0 Å². The molecule has 6 nitrogen and oxygen atoms in total. The maximum Gasteiger partial charge on any atom is 0.236 e. The van der Waals surface area contributed by atoms with Gasteiger partial charge in [-0.25, -0.2) is 0 Å². The van der Waals surface area contributed by atoms with Crippen LogP contribution in [-0.2, 0) is 4.79 Å². The van der Waals surface area contributed by atoms with Crippen LogP contribution in [0.15, 0.2) is 5.16 Å². The van der Waals surface area contributed by atoms with E-state index in [1.807, 2.05) is 4.90 Å². The van der Waals surface area contributed by atoms with E-state index >= 15 is 0 Å². The summed E-state index contributed by atoms with van der Waals surface area (Å²) in [4.78, 5) is 14.6. The van der Waals surface area contributed by atoms with Crippen molar-refractivity contribution < 1.29 is 15.1 Å². The number of likely N-dealkylation sites (tertiary alicyclic amines) is 1. The molecule has 1 aliphatic carbocycles. The van der Waals surface area contributed by atoms with Gasteiger partial charge in [-0.3, -0.25) is 4.79 Å². The number of carbonyl (C=O) groups is 1. The van der Waals surface area contributed by atoms with Crippen LogP contribution in [0.3, 0.4) is 0 Å². The minimum absolute atomic E-state index is 0.00879. The molecule has 6 heteroatoms. The Morgan fingerprint density at radius 3 is 2.68 bits per heavy atom. The maximum absolute atomic E-state index is 12.7. The van der Waals surface area contributed by atoms with Crippen molar-refractivity contribution >= 4 is 11.7 Å². The average Bonchev–Trinajstić information content (AvgIpc) is 2.82. The van der Waals surface area contributed by atoms with Gasteiger partial charge < -0.3 is 20.9 Å². The third-order valence-electron chi connectivity index (χ3n) is 4.55. The lowest BCUT2D eigenvalue weighted by atomic mass is 9.66. The van der Waals surface area contributed by atoms with E-state index < -0.39 is 5.41 Å². The van der Waals surface area contributed by atoms with Gasteiger partial charge in [0.1, 0.15) is 5.41 Å². The number of carbonyl (C=O) groups excluding carboxylic acids is 1. The first-order valence-electron chi connectivity index (χ1n) is 7.05. The van der Waals surface area contributed by atoms with E-state index in [0.717, 1.165) is 32.2 Å². The lowest BCUT2D eigenvalue weighted by molar-refractivity contribution is -0.143. The highest BCUT2D eigenvalue weighted by molar-refractivity contribution is 6.07. The van der Waals surface area contributed by atoms with E-state index in [1.54, 1.807) is 0 Å². The Kier molecular flexibility index (Phi) is 4.29. The zero-order chi connectivity index (χ0) is 13.9. The van der Waals surface area contributed by atoms with E-state index in [1.165, 1.54) is 0 Å². The molecule has 1 aliphatic heterocycles. The van der Waals surface area contributed by atoms with Gasteiger partial charge in [0.2, 0.25) is 5.91 Å². The van der Waals surface area contributed by atoms with Crippen LogP contribution in [0.4, 0.5) is 0 Å². The minimum Gasteiger partial charge on any atom is -0.409 e. The number of oxime groups is 1. The molecule has 2 fully saturated rings. The number of amides is 1. The zero-order valence-corrected chi connectivity index (χ0v) is 11.2. The quantitative estimate of drug-likeness (QED) is 0.295. The van der Waals surface area contributed by atoms with Gasteiger partial charge in [0.25, 0.3) is 0 Å². The van der Waals surface area contributed by atoms with Crippen LogP contribution >= 0.6 is 0 Å². The van der Waals surface area contributed by atoms with Gasteiger partial charge in [0.15, 0.2) is 5.84 Å². The van der Waals surface area contributed by atoms with Gasteiger partial charge in [0, 0.05) is 19.2 Å². The Balaban J connectivity index is 2.09. The van der Waals surface area contributed by atoms with Crippen molar-refractivity contribution in [2.45, 2.75) is 51.0 Å². The molecule has 1 saturated carbocycles. The number of amidine groups is 1. The van der Waals surface area contributed by atoms with E-state index in [0.29, 0.717) is 19.3 Å². The molecule has 0 bridgehead atoms. The molecule has 2 rings (SSSR count). The highest BCUT2D eigenvalue weighted by atomic mass is 16.4. The summed E-state index contributed by atoms with van der Waals surface area (Å²) in [6.45, 7) is 0.902. The predicted octanol–water partition coefficient (Wildman–Crippen LogP) is 0.667. The van der Waals surface area contributed by atoms with Crippen molar-refractivity contribution in [1.82, 2.24) is 4.90 Å². The largest absolute Gasteiger partial charge is 0.409 e. The molecule has 1 amide bonds. The molecule has 108 valence electrons. The third-order valence-corrected chi connectivity index (χ3v) is 4.55. The second-order valence-electron chi connectivity index (χ2n) is 5.58. The molecule has 0 aromatic rings. The minimum atomic E-state index is -0.767. The molecule has 1 heterocycles. The van der Waals surface area contributed by atoms with Gasteiger partial charge >= 0.3 is 0 Å². The van der Waals surface area contributed by atoms with Gasteiger partial charge in [-0.05, 0) is 38.5 Å². The van der Waals surface area contributed by atoms with E-state index in [4.69, 9.17) is 16.0 Å². The first-order chi connectivity index (χ1) is 9.15. The van der Waals surface area contributed by atoms with Crippen molar-refractivity contribution in [2.24, 2.45) is 16.3 Å². The van der Waals surface area contributed by atoms with Crippen LogP contribution in [0, 0.1) is 5.41 Å². The average molecular weight is 269 g/mol. The number of nitrogens with zero attached hydrogens (tertiary/aromatic N) is 2. The van der Waals surface area contributed by atoms with Crippen LogP contribution in [0.5, 0.6) is 0 Å². The SMILES string of the molecule is NC(=NO)C1(C(=O)N2CCCC2CCCO)CCC1. The summed E-state index contributed by atoms with van der Waals surface area (Å²) >= 11 is 0. The Labute approximate surface area is 113 Å². The van der Waals surface area contributed by atoms with Crippen LogP contribution in [0.25, 0.3) is 0 Å². The summed E-state index contributed by atoms with van der Waals surface area (Å²) in [6.07, 6.45) is 5.80. The number of hydrogen-bond acceptors (Lipinski definition) is 4. The van der Waals surface area contributed by atoms with E-state index in [-0.39, 0.29) is 24.4 Å². The Hall–Kier alpha value is -1.30. The molecule has 2 aliphatic rings. The molecule has 0 radical (unpaired) electrons. The fourth-order valence-corrected chi connectivity index (χ4v) is 3.21. The summed E-state index contributed by atoms with van der Waals surface area (Å²) in [6, 6.07) is 0.198. The molecule has 0 aromatic heterocycles. The van der Waals surface area contributed by atoms with E-state index in [2.05, 4.69) is 5.16 Å². The number of rotatable bonds is 5. The first-order valence-corrected chi connectivity index (χ1v) is 7.05. The van der Waals surface area contributed by atoms with Gasteiger partial charge in [-0.2, -0.15) is 0 Å². The molecule has 1 atom stereocenters. The number of aliphatic hydroxyl groups excluding tert-OH is 1. The second kappa shape index (κ2) is 5.77. The first kappa shape index (κ1) is 14.1. The Bertz CT molecular complexity index is 366. The topological polar surface area (TPSA) is 99.2 Å². The van der Waals surface area contributed by atoms with Crippen LogP contribution < -0.4 is 5.73 Å². The van der Waals surface area contributed by atoms with Gasteiger partial charge in [-0.1, -0.05) is 11.6 Å². The maximum atomic E-state index is 12.7. The molecule has 1 unspecified atom stereocenters. The van der Waals surface area contributed by atoms with Crippen molar-refractivity contribution in [3.8, 4) is 0 Å². The molecular formula is C13H23N3O3. The van der Waals surface area contributed by atoms with Gasteiger partial charge in [-0.15, -0.1) is 0 Å². The normalized spacial score (nSPS) is 26.3. The van der Waals surface area contributed by atoms with Crippen LogP contribution in [-0.4, -0.2) is 46.1 Å². The third kappa shape index (κ3) is 2.41. The van der Waals surface area contributed by atoms with Gasteiger partial charge in [0.05, 0.1) is 0 Å². The summed E-state index contributed by atoms with van der Waals surface area (Å²) < 4.78 is 0. The zero-order valence-electron chi connectivity index (χ0n) is 11.2. The summed E-state index contributed by atoms with van der Waals surface area (Å²) in [7, 11) is 0. The standard InChI is InChI=1S/C13H23N3O3/c14-11(15-19)13(6-3-7-13)12(18)16-8-1-4-10(16)5-2-9-17/h10,17,19H,1-9H2,(H2,14,15). The van der Waals surface area contributed by atoms with Crippen molar-refractivity contribution in [2.75, 3.05) is 13.2 Å². The lowest BCUT2D eigenvalue weighted by Gasteiger charge is -2.42. The molecule has 0 aromatic carbocycles. The Morgan fingerprint density at radius 1 is 1.42 bits per heavy atom. The Morgan fingerprint density at radius 2 is 2.16 bits per heavy atom. The van der Waals surface area contributed by atoms with Crippen LogP contribution in [0.1, 0.15) is 44.9 Å². The number of aliphatic hydroxyl groups is 1. The molecule has 4 N–H and O–H groups in total. The lowest BCUT2D eigenvalue weighted by Crippen LogP contribution is -2.56. The molecule has 1 saturated heterocycles. The van der Waals surface area contributed by atoms with Crippen molar-refractivity contribution in [1.29, 1.82) is 0 Å². The molecule has 0 spiro atoms. The van der Waals surface area contributed by atoms with Crippen LogP contribution in [0.2, 0.25) is 0 Å². The highest BCUT2D eigenvalue weighted by Crippen LogP contribution is 2.44. The van der Waals surface area contributed by atoms with E-state index in [9.17, 15) is 4.79 Å². The summed E-state index contributed by atoms with van der Waals surface area (Å²) in [5.41, 5.74) is 4.97. The fraction of sp³-hybridized carbons (Fsp3) is 0.846. The predicted molar refractivity (Wildman–Crippen MR) is 70.7 cm³/mol. The molecule has 19 heavy (non-hydrogen) atoms. The summed E-state index contributed by atoms with van der Waals surface area (Å²) in [5, 5.41) is 20.9. The monoisotopic (exact) mass is 269 g/mol. The number of nitrogens with two attached hydrogens (primary N) is 1. The number of hydrogen-bond donors (Lipinski definition) is 3.